The van der Waals surface area contributed by atoms with Crippen LogP contribution in [0.25, 0.3) is 0 Å². The second-order valence-corrected chi connectivity index (χ2v) is 3.52. The maximum absolute atomic E-state index is 10.6. The summed E-state index contributed by atoms with van der Waals surface area (Å²) in [6.45, 7) is 4.52. The van der Waals surface area contributed by atoms with Gasteiger partial charge in [-0.05, 0) is 17.7 Å². The second kappa shape index (κ2) is 5.92. The molecular formula is C12H15NO3. The van der Waals surface area contributed by atoms with E-state index in [1.165, 1.54) is 0 Å². The van der Waals surface area contributed by atoms with Crippen molar-refractivity contribution in [1.29, 1.82) is 0 Å². The fraction of sp³-hybridized carbons (Fsp3) is 0.250. The molecule has 1 aromatic carbocycles. The number of rotatable bonds is 6. The van der Waals surface area contributed by atoms with Crippen molar-refractivity contribution >= 4 is 5.97 Å². The van der Waals surface area contributed by atoms with Crippen LogP contribution >= 0.6 is 0 Å². The lowest BCUT2D eigenvalue weighted by Gasteiger charge is -2.18. The molecule has 0 aromatic heterocycles. The van der Waals surface area contributed by atoms with Gasteiger partial charge in [0.2, 0.25) is 0 Å². The molecule has 0 saturated heterocycles. The minimum Gasteiger partial charge on any atom is -0.508 e. The number of hydrogen-bond acceptors (Lipinski definition) is 3. The highest BCUT2D eigenvalue weighted by molar-refractivity contribution is 5.69. The van der Waals surface area contributed by atoms with Crippen molar-refractivity contribution in [3.05, 3.63) is 42.5 Å². The Balaban J connectivity index is 2.66. The van der Waals surface area contributed by atoms with E-state index in [0.29, 0.717) is 13.1 Å². The van der Waals surface area contributed by atoms with Crippen molar-refractivity contribution in [3.63, 3.8) is 0 Å². The molecule has 1 rings (SSSR count). The molecule has 0 atom stereocenters. The lowest BCUT2D eigenvalue weighted by Crippen LogP contribution is -2.29. The standard InChI is InChI=1S/C12H15NO3/c1-2-6-13(9-12(15)16)8-10-4-3-5-11(14)7-10/h2-5,7,14H,1,6,8-9H2,(H,15,16). The van der Waals surface area contributed by atoms with Crippen LogP contribution in [0.3, 0.4) is 0 Å². The van der Waals surface area contributed by atoms with Gasteiger partial charge in [-0.1, -0.05) is 18.2 Å². The average Bonchev–Trinajstić information content (AvgIpc) is 2.16. The van der Waals surface area contributed by atoms with Gasteiger partial charge in [-0.25, -0.2) is 0 Å². The molecule has 0 aliphatic heterocycles. The Morgan fingerprint density at radius 2 is 2.25 bits per heavy atom. The van der Waals surface area contributed by atoms with Crippen LogP contribution in [-0.4, -0.2) is 34.2 Å². The van der Waals surface area contributed by atoms with Crippen molar-refractivity contribution in [2.45, 2.75) is 6.54 Å². The van der Waals surface area contributed by atoms with Crippen LogP contribution in [-0.2, 0) is 11.3 Å². The Bertz CT molecular complexity index is 376. The molecule has 0 aliphatic rings. The molecule has 0 heterocycles. The number of hydrogen-bond donors (Lipinski definition) is 2. The first-order valence-corrected chi connectivity index (χ1v) is 4.94. The van der Waals surface area contributed by atoms with Crippen LogP contribution in [0.4, 0.5) is 0 Å². The van der Waals surface area contributed by atoms with Crippen LogP contribution in [0.2, 0.25) is 0 Å². The zero-order chi connectivity index (χ0) is 12.0. The normalized spacial score (nSPS) is 10.3. The number of nitrogens with zero attached hydrogens (tertiary/aromatic N) is 1. The number of benzene rings is 1. The number of aliphatic carboxylic acids is 1. The zero-order valence-corrected chi connectivity index (χ0v) is 8.97. The van der Waals surface area contributed by atoms with E-state index in [1.807, 2.05) is 6.07 Å². The van der Waals surface area contributed by atoms with Crippen LogP contribution in [0.15, 0.2) is 36.9 Å². The van der Waals surface area contributed by atoms with Gasteiger partial charge in [0.1, 0.15) is 5.75 Å². The topological polar surface area (TPSA) is 60.8 Å². The molecule has 2 N–H and O–H groups in total. The predicted octanol–water partition coefficient (Wildman–Crippen LogP) is 1.46. The van der Waals surface area contributed by atoms with Gasteiger partial charge in [0.25, 0.3) is 0 Å². The molecule has 0 aliphatic carbocycles. The number of phenols is 1. The van der Waals surface area contributed by atoms with Gasteiger partial charge < -0.3 is 10.2 Å². The number of carboxylic acid groups (broad SMARTS) is 1. The highest BCUT2D eigenvalue weighted by Gasteiger charge is 2.08. The number of aromatic hydroxyl groups is 1. The quantitative estimate of drug-likeness (QED) is 0.714. The van der Waals surface area contributed by atoms with E-state index in [0.717, 1.165) is 5.56 Å². The molecular weight excluding hydrogens is 206 g/mol. The van der Waals surface area contributed by atoms with E-state index in [-0.39, 0.29) is 12.3 Å². The minimum absolute atomic E-state index is 0.0400. The summed E-state index contributed by atoms with van der Waals surface area (Å²) in [5.41, 5.74) is 0.878. The third-order valence-corrected chi connectivity index (χ3v) is 2.06. The third kappa shape index (κ3) is 4.14. The maximum atomic E-state index is 10.6. The molecule has 4 heteroatoms. The lowest BCUT2D eigenvalue weighted by atomic mass is 10.2. The summed E-state index contributed by atoms with van der Waals surface area (Å²) in [4.78, 5) is 12.3. The van der Waals surface area contributed by atoms with Crippen molar-refractivity contribution in [1.82, 2.24) is 4.90 Å². The molecule has 0 fully saturated rings. The molecule has 0 saturated carbocycles. The Labute approximate surface area is 94.4 Å². The van der Waals surface area contributed by atoms with Gasteiger partial charge in [-0.2, -0.15) is 0 Å². The molecule has 0 bridgehead atoms. The number of phenolic OH excluding ortho intramolecular Hbond substituents is 1. The van der Waals surface area contributed by atoms with Crippen molar-refractivity contribution in [2.24, 2.45) is 0 Å². The van der Waals surface area contributed by atoms with E-state index in [9.17, 15) is 9.90 Å². The van der Waals surface area contributed by atoms with E-state index in [4.69, 9.17) is 5.11 Å². The fourth-order valence-electron chi connectivity index (χ4n) is 1.47. The Hall–Kier alpha value is -1.81. The van der Waals surface area contributed by atoms with Gasteiger partial charge in [0.15, 0.2) is 0 Å². The Kier molecular flexibility index (Phi) is 4.54. The van der Waals surface area contributed by atoms with Crippen LogP contribution in [0.5, 0.6) is 5.75 Å². The molecule has 16 heavy (non-hydrogen) atoms. The number of carbonyl (C=O) groups is 1. The SMILES string of the molecule is C=CCN(CC(=O)O)Cc1cccc(O)c1. The smallest absolute Gasteiger partial charge is 0.317 e. The summed E-state index contributed by atoms with van der Waals surface area (Å²) in [6.07, 6.45) is 1.66. The van der Waals surface area contributed by atoms with Gasteiger partial charge >= 0.3 is 5.97 Å². The van der Waals surface area contributed by atoms with Crippen LogP contribution in [0.1, 0.15) is 5.56 Å². The van der Waals surface area contributed by atoms with E-state index in [2.05, 4.69) is 6.58 Å². The Morgan fingerprint density at radius 3 is 2.81 bits per heavy atom. The second-order valence-electron chi connectivity index (χ2n) is 3.52. The van der Waals surface area contributed by atoms with Gasteiger partial charge in [0, 0.05) is 13.1 Å². The molecule has 86 valence electrons. The van der Waals surface area contributed by atoms with Crippen molar-refractivity contribution < 1.29 is 15.0 Å². The molecule has 0 radical (unpaired) electrons. The fourth-order valence-corrected chi connectivity index (χ4v) is 1.47. The lowest BCUT2D eigenvalue weighted by molar-refractivity contribution is -0.138. The summed E-state index contributed by atoms with van der Waals surface area (Å²) in [7, 11) is 0. The monoisotopic (exact) mass is 221 g/mol. The van der Waals surface area contributed by atoms with Gasteiger partial charge in [0.05, 0.1) is 6.54 Å². The predicted molar refractivity (Wildman–Crippen MR) is 61.2 cm³/mol. The summed E-state index contributed by atoms with van der Waals surface area (Å²) in [5, 5.41) is 18.0. The van der Waals surface area contributed by atoms with Gasteiger partial charge in [-0.15, -0.1) is 6.58 Å². The highest BCUT2D eigenvalue weighted by atomic mass is 16.4. The van der Waals surface area contributed by atoms with E-state index < -0.39 is 5.97 Å². The van der Waals surface area contributed by atoms with Gasteiger partial charge in [-0.3, -0.25) is 9.69 Å². The van der Waals surface area contributed by atoms with Crippen LogP contribution in [0, 0.1) is 0 Å². The average molecular weight is 221 g/mol. The molecule has 0 unspecified atom stereocenters. The first-order chi connectivity index (χ1) is 7.61. The minimum atomic E-state index is -0.873. The summed E-state index contributed by atoms with van der Waals surface area (Å²) in [6, 6.07) is 6.78. The zero-order valence-electron chi connectivity index (χ0n) is 8.97. The van der Waals surface area contributed by atoms with Crippen molar-refractivity contribution in [3.8, 4) is 5.75 Å². The largest absolute Gasteiger partial charge is 0.508 e. The number of carboxylic acids is 1. The first kappa shape index (κ1) is 12.3. The molecule has 0 amide bonds. The summed E-state index contributed by atoms with van der Waals surface area (Å²) in [5.74, 6) is -0.687. The summed E-state index contributed by atoms with van der Waals surface area (Å²) >= 11 is 0. The van der Waals surface area contributed by atoms with E-state index >= 15 is 0 Å². The molecule has 0 spiro atoms. The van der Waals surface area contributed by atoms with E-state index in [1.54, 1.807) is 29.2 Å². The van der Waals surface area contributed by atoms with Crippen LogP contribution < -0.4 is 0 Å². The first-order valence-electron chi connectivity index (χ1n) is 4.94. The molecule has 1 aromatic rings. The maximum Gasteiger partial charge on any atom is 0.317 e. The van der Waals surface area contributed by atoms with Crippen molar-refractivity contribution in [2.75, 3.05) is 13.1 Å². The molecule has 4 nitrogen and oxygen atoms in total. The summed E-state index contributed by atoms with van der Waals surface area (Å²) < 4.78 is 0. The highest BCUT2D eigenvalue weighted by Crippen LogP contribution is 2.12. The third-order valence-electron chi connectivity index (χ3n) is 2.06. The Morgan fingerprint density at radius 1 is 1.50 bits per heavy atom.